The fraction of sp³-hybridized carbons (Fsp3) is 0.276. The van der Waals surface area contributed by atoms with Gasteiger partial charge in [-0.2, -0.15) is 10.4 Å². The number of alkyl carbamates (subject to hydrolysis) is 1. The molecule has 0 radical (unpaired) electrons. The van der Waals surface area contributed by atoms with Crippen molar-refractivity contribution in [1.29, 1.82) is 5.26 Å². The second-order valence-electron chi connectivity index (χ2n) is 9.06. The van der Waals surface area contributed by atoms with Gasteiger partial charge in [-0.05, 0) is 53.8 Å². The van der Waals surface area contributed by atoms with Crippen molar-refractivity contribution in [2.24, 2.45) is 11.0 Å². The SMILES string of the molecule is CCOC(=O)C(CC(C)C)NC(=O)OCc1cccc2c(C=NNC(=O)c3ccc(O)c(C#N)c3)cccc12. The molecule has 2 amide bonds. The Labute approximate surface area is 226 Å². The van der Waals surface area contributed by atoms with Gasteiger partial charge >= 0.3 is 12.1 Å². The van der Waals surface area contributed by atoms with Crippen LogP contribution in [0.15, 0.2) is 59.7 Å². The number of rotatable bonds is 10. The lowest BCUT2D eigenvalue weighted by molar-refractivity contribution is -0.146. The highest BCUT2D eigenvalue weighted by Crippen LogP contribution is 2.23. The molecule has 0 aliphatic carbocycles. The molecule has 3 N–H and O–H groups in total. The third kappa shape index (κ3) is 7.79. The molecule has 1 unspecified atom stereocenters. The van der Waals surface area contributed by atoms with Crippen LogP contribution in [-0.2, 0) is 20.9 Å². The number of ether oxygens (including phenoxy) is 2. The summed E-state index contributed by atoms with van der Waals surface area (Å²) in [5.74, 6) is -1.08. The Morgan fingerprint density at radius 3 is 2.54 bits per heavy atom. The highest BCUT2D eigenvalue weighted by atomic mass is 16.6. The van der Waals surface area contributed by atoms with Crippen molar-refractivity contribution in [2.45, 2.75) is 39.8 Å². The van der Waals surface area contributed by atoms with E-state index in [1.165, 1.54) is 24.4 Å². The van der Waals surface area contributed by atoms with Crippen molar-refractivity contribution in [3.8, 4) is 11.8 Å². The number of hydrazone groups is 1. The Morgan fingerprint density at radius 2 is 1.82 bits per heavy atom. The maximum atomic E-state index is 12.5. The number of hydrogen-bond donors (Lipinski definition) is 3. The van der Waals surface area contributed by atoms with Crippen LogP contribution in [0, 0.1) is 17.2 Å². The predicted molar refractivity (Wildman–Crippen MR) is 145 cm³/mol. The fourth-order valence-electron chi connectivity index (χ4n) is 3.89. The second-order valence-corrected chi connectivity index (χ2v) is 9.06. The van der Waals surface area contributed by atoms with Crippen LogP contribution in [0.25, 0.3) is 10.8 Å². The van der Waals surface area contributed by atoms with Crippen LogP contribution in [0.4, 0.5) is 4.79 Å². The Kier molecular flexibility index (Phi) is 9.98. The van der Waals surface area contributed by atoms with E-state index in [0.29, 0.717) is 12.0 Å². The van der Waals surface area contributed by atoms with Gasteiger partial charge in [-0.3, -0.25) is 4.79 Å². The maximum Gasteiger partial charge on any atom is 0.408 e. The number of phenols is 1. The molecular weight excluding hydrogens is 500 g/mol. The van der Waals surface area contributed by atoms with Gasteiger partial charge in [0.15, 0.2) is 0 Å². The van der Waals surface area contributed by atoms with E-state index in [9.17, 15) is 19.5 Å². The highest BCUT2D eigenvalue weighted by Gasteiger charge is 2.24. The summed E-state index contributed by atoms with van der Waals surface area (Å²) < 4.78 is 10.5. The molecule has 0 saturated heterocycles. The van der Waals surface area contributed by atoms with E-state index in [0.717, 1.165) is 16.3 Å². The van der Waals surface area contributed by atoms with Crippen molar-refractivity contribution < 1.29 is 29.0 Å². The third-order valence-corrected chi connectivity index (χ3v) is 5.72. The van der Waals surface area contributed by atoms with Crippen LogP contribution in [0.1, 0.15) is 54.2 Å². The van der Waals surface area contributed by atoms with Gasteiger partial charge in [0.2, 0.25) is 0 Å². The van der Waals surface area contributed by atoms with Crippen molar-refractivity contribution in [3.63, 3.8) is 0 Å². The number of benzene rings is 3. The molecule has 39 heavy (non-hydrogen) atoms. The van der Waals surface area contributed by atoms with Gasteiger partial charge in [0.05, 0.1) is 18.4 Å². The van der Waals surface area contributed by atoms with Gasteiger partial charge in [-0.15, -0.1) is 0 Å². The first-order valence-electron chi connectivity index (χ1n) is 12.4. The molecule has 0 aliphatic heterocycles. The van der Waals surface area contributed by atoms with Crippen LogP contribution in [0.5, 0.6) is 5.75 Å². The fourth-order valence-corrected chi connectivity index (χ4v) is 3.89. The molecule has 3 aromatic carbocycles. The Morgan fingerprint density at radius 1 is 1.08 bits per heavy atom. The minimum atomic E-state index is -0.795. The molecular formula is C29H30N4O6. The average molecular weight is 531 g/mol. The van der Waals surface area contributed by atoms with E-state index in [1.54, 1.807) is 6.92 Å². The predicted octanol–water partition coefficient (Wildman–Crippen LogP) is 4.38. The summed E-state index contributed by atoms with van der Waals surface area (Å²) in [7, 11) is 0. The van der Waals surface area contributed by atoms with Crippen LogP contribution < -0.4 is 10.7 Å². The summed E-state index contributed by atoms with van der Waals surface area (Å²) in [5, 5.41) is 26.9. The van der Waals surface area contributed by atoms with E-state index in [1.807, 2.05) is 56.3 Å². The molecule has 1 atom stereocenters. The molecule has 3 rings (SSSR count). The van der Waals surface area contributed by atoms with E-state index >= 15 is 0 Å². The molecule has 0 aliphatic rings. The molecule has 10 nitrogen and oxygen atoms in total. The lowest BCUT2D eigenvalue weighted by Gasteiger charge is -2.19. The molecule has 10 heteroatoms. The van der Waals surface area contributed by atoms with Crippen molar-refractivity contribution in [1.82, 2.24) is 10.7 Å². The number of nitrogens with one attached hydrogen (secondary N) is 2. The number of carbonyl (C=O) groups excluding carboxylic acids is 3. The largest absolute Gasteiger partial charge is 0.507 e. The van der Waals surface area contributed by atoms with Gasteiger partial charge in [-0.25, -0.2) is 15.0 Å². The molecule has 3 aromatic rings. The van der Waals surface area contributed by atoms with Crippen molar-refractivity contribution >= 4 is 35.0 Å². The standard InChI is InChI=1S/C29H30N4O6/c1-4-38-28(36)25(13-18(2)3)32-29(37)39-17-21-8-6-9-23-20(7-5-10-24(21)23)16-31-33-27(35)19-11-12-26(34)22(14-19)15-30/h5-12,14,16,18,25,34H,4,13,17H2,1-3H3,(H,32,37)(H,33,35). The summed E-state index contributed by atoms with van der Waals surface area (Å²) >= 11 is 0. The molecule has 0 heterocycles. The smallest absolute Gasteiger partial charge is 0.408 e. The van der Waals surface area contributed by atoms with E-state index in [2.05, 4.69) is 15.8 Å². The second kappa shape index (κ2) is 13.6. The Balaban J connectivity index is 1.69. The van der Waals surface area contributed by atoms with Gasteiger partial charge in [0, 0.05) is 11.1 Å². The normalized spacial score (nSPS) is 11.7. The minimum Gasteiger partial charge on any atom is -0.507 e. The van der Waals surface area contributed by atoms with E-state index in [-0.39, 0.29) is 36.0 Å². The average Bonchev–Trinajstić information content (AvgIpc) is 2.91. The summed E-state index contributed by atoms with van der Waals surface area (Å²) in [6.45, 7) is 5.78. The lowest BCUT2D eigenvalue weighted by atomic mass is 10.0. The summed E-state index contributed by atoms with van der Waals surface area (Å²) in [4.78, 5) is 37.1. The Bertz CT molecular complexity index is 1430. The first-order chi connectivity index (χ1) is 18.7. The van der Waals surface area contributed by atoms with Crippen LogP contribution in [-0.4, -0.2) is 41.9 Å². The number of nitriles is 1. The topological polar surface area (TPSA) is 150 Å². The number of phenolic OH excluding ortho intramolecular Hbond substituents is 1. The van der Waals surface area contributed by atoms with E-state index < -0.39 is 24.0 Å². The third-order valence-electron chi connectivity index (χ3n) is 5.72. The number of fused-ring (bicyclic) bond motifs is 1. The van der Waals surface area contributed by atoms with Crippen molar-refractivity contribution in [3.05, 3.63) is 76.9 Å². The summed E-state index contributed by atoms with van der Waals surface area (Å²) in [5.41, 5.74) is 4.03. The summed E-state index contributed by atoms with van der Waals surface area (Å²) in [6.07, 6.45) is 1.19. The highest BCUT2D eigenvalue weighted by molar-refractivity contribution is 6.02. The molecule has 0 bridgehead atoms. The van der Waals surface area contributed by atoms with Crippen molar-refractivity contribution in [2.75, 3.05) is 6.61 Å². The zero-order chi connectivity index (χ0) is 28.4. The number of carbonyl (C=O) groups is 3. The first-order valence-corrected chi connectivity index (χ1v) is 12.4. The number of esters is 1. The number of aromatic hydroxyl groups is 1. The number of amides is 2. The molecule has 0 spiro atoms. The zero-order valence-electron chi connectivity index (χ0n) is 21.9. The quantitative estimate of drug-likeness (QED) is 0.200. The van der Waals surface area contributed by atoms with Crippen LogP contribution in [0.2, 0.25) is 0 Å². The van der Waals surface area contributed by atoms with Gasteiger partial charge in [0.1, 0.15) is 24.5 Å². The minimum absolute atomic E-state index is 0.0135. The van der Waals surface area contributed by atoms with Crippen LogP contribution in [0.3, 0.4) is 0 Å². The molecule has 0 aromatic heterocycles. The monoisotopic (exact) mass is 530 g/mol. The van der Waals surface area contributed by atoms with Gasteiger partial charge in [0.25, 0.3) is 5.91 Å². The molecule has 202 valence electrons. The molecule has 0 fully saturated rings. The van der Waals surface area contributed by atoms with Gasteiger partial charge < -0.3 is 19.9 Å². The number of nitrogens with zero attached hydrogens (tertiary/aromatic N) is 2. The van der Waals surface area contributed by atoms with Gasteiger partial charge in [-0.1, -0.05) is 50.2 Å². The lowest BCUT2D eigenvalue weighted by Crippen LogP contribution is -2.42. The first kappa shape index (κ1) is 28.7. The maximum absolute atomic E-state index is 12.5. The van der Waals surface area contributed by atoms with Crippen LogP contribution >= 0.6 is 0 Å². The molecule has 0 saturated carbocycles. The zero-order valence-corrected chi connectivity index (χ0v) is 21.9. The summed E-state index contributed by atoms with van der Waals surface area (Å²) in [6, 6.07) is 16.0. The Hall–Kier alpha value is -4.91. The number of hydrogen-bond acceptors (Lipinski definition) is 8. The van der Waals surface area contributed by atoms with E-state index in [4.69, 9.17) is 14.7 Å².